The predicted octanol–water partition coefficient (Wildman–Crippen LogP) is 2.27. The molecule has 0 saturated carbocycles. The molecule has 3 amide bonds. The van der Waals surface area contributed by atoms with E-state index < -0.39 is 47.4 Å². The third kappa shape index (κ3) is 6.08. The lowest BCUT2D eigenvalue weighted by molar-refractivity contribution is -0.137. The molecular formula is C26H31N3O5. The van der Waals surface area contributed by atoms with E-state index >= 15 is 0 Å². The van der Waals surface area contributed by atoms with Crippen LogP contribution < -0.4 is 21.1 Å². The number of imide groups is 1. The third-order valence-electron chi connectivity index (χ3n) is 6.00. The molecule has 1 unspecified atom stereocenters. The van der Waals surface area contributed by atoms with Crippen molar-refractivity contribution >= 4 is 23.5 Å². The Kier molecular flexibility index (Phi) is 8.17. The molecule has 1 aliphatic heterocycles. The van der Waals surface area contributed by atoms with E-state index in [1.54, 1.807) is 38.1 Å². The van der Waals surface area contributed by atoms with Crippen LogP contribution in [-0.4, -0.2) is 29.5 Å². The minimum Gasteiger partial charge on any atom is -0.489 e. The number of hydrogen-bond acceptors (Lipinski definition) is 6. The molecule has 1 heterocycles. The SMILES string of the molecule is CC(C)[C@H](NC(=O)CC(N)c1ccc(OCc2ccccc2)cc1)C(=O)[C@@H]1C(=O)NC(=O)[C@H]1C. The molecule has 0 bridgehead atoms. The van der Waals surface area contributed by atoms with Crippen molar-refractivity contribution in [1.29, 1.82) is 0 Å². The van der Waals surface area contributed by atoms with Crippen LogP contribution in [0.25, 0.3) is 0 Å². The number of carbonyl (C=O) groups is 4. The van der Waals surface area contributed by atoms with Crippen LogP contribution in [0.4, 0.5) is 0 Å². The molecule has 1 fully saturated rings. The zero-order valence-corrected chi connectivity index (χ0v) is 19.6. The average molecular weight is 466 g/mol. The van der Waals surface area contributed by atoms with Gasteiger partial charge in [-0.2, -0.15) is 0 Å². The fourth-order valence-corrected chi connectivity index (χ4v) is 3.93. The fraction of sp³-hybridized carbons (Fsp3) is 0.385. The van der Waals surface area contributed by atoms with Crippen molar-refractivity contribution in [2.45, 2.75) is 45.9 Å². The van der Waals surface area contributed by atoms with Gasteiger partial charge >= 0.3 is 0 Å². The monoisotopic (exact) mass is 465 g/mol. The first-order valence-electron chi connectivity index (χ1n) is 11.4. The summed E-state index contributed by atoms with van der Waals surface area (Å²) in [5.74, 6) is -3.39. The van der Waals surface area contributed by atoms with Crippen LogP contribution in [0, 0.1) is 17.8 Å². The van der Waals surface area contributed by atoms with Gasteiger partial charge in [-0.05, 0) is 29.2 Å². The van der Waals surface area contributed by atoms with Crippen molar-refractivity contribution in [3.8, 4) is 5.75 Å². The van der Waals surface area contributed by atoms with E-state index in [1.165, 1.54) is 6.92 Å². The minimum atomic E-state index is -1.10. The van der Waals surface area contributed by atoms with E-state index in [2.05, 4.69) is 10.6 Å². The summed E-state index contributed by atoms with van der Waals surface area (Å²) in [7, 11) is 0. The number of hydrogen-bond donors (Lipinski definition) is 3. The second-order valence-electron chi connectivity index (χ2n) is 8.97. The summed E-state index contributed by atoms with van der Waals surface area (Å²) in [6, 6.07) is 15.5. The van der Waals surface area contributed by atoms with Crippen LogP contribution in [0.2, 0.25) is 0 Å². The van der Waals surface area contributed by atoms with Crippen molar-refractivity contribution in [2.24, 2.45) is 23.5 Å². The Morgan fingerprint density at radius 3 is 2.24 bits per heavy atom. The number of Topliss-reactive ketones (excluding diaryl/α,β-unsaturated/α-hetero) is 1. The molecule has 8 nitrogen and oxygen atoms in total. The van der Waals surface area contributed by atoms with E-state index in [0.29, 0.717) is 12.4 Å². The molecular weight excluding hydrogens is 434 g/mol. The Bertz CT molecular complexity index is 1040. The average Bonchev–Trinajstić information content (AvgIpc) is 3.07. The number of benzene rings is 2. The summed E-state index contributed by atoms with van der Waals surface area (Å²) in [6.45, 7) is 5.53. The van der Waals surface area contributed by atoms with Gasteiger partial charge in [0.15, 0.2) is 5.78 Å². The number of rotatable bonds is 10. The Morgan fingerprint density at radius 1 is 1.03 bits per heavy atom. The van der Waals surface area contributed by atoms with E-state index in [0.717, 1.165) is 11.1 Å². The van der Waals surface area contributed by atoms with E-state index in [4.69, 9.17) is 10.5 Å². The zero-order chi connectivity index (χ0) is 24.8. The van der Waals surface area contributed by atoms with Crippen molar-refractivity contribution in [3.63, 3.8) is 0 Å². The summed E-state index contributed by atoms with van der Waals surface area (Å²) >= 11 is 0. The molecule has 3 rings (SSSR count). The molecule has 180 valence electrons. The van der Waals surface area contributed by atoms with Crippen LogP contribution in [0.3, 0.4) is 0 Å². The maximum absolute atomic E-state index is 13.0. The summed E-state index contributed by atoms with van der Waals surface area (Å²) in [4.78, 5) is 49.5. The van der Waals surface area contributed by atoms with Crippen LogP contribution in [0.15, 0.2) is 54.6 Å². The van der Waals surface area contributed by atoms with E-state index in [1.807, 2.05) is 30.3 Å². The fourth-order valence-electron chi connectivity index (χ4n) is 3.93. The number of ether oxygens (including phenoxy) is 1. The first-order valence-corrected chi connectivity index (χ1v) is 11.4. The summed E-state index contributed by atoms with van der Waals surface area (Å²) in [5, 5.41) is 4.89. The Morgan fingerprint density at radius 2 is 1.68 bits per heavy atom. The van der Waals surface area contributed by atoms with Gasteiger partial charge in [-0.3, -0.25) is 24.5 Å². The highest BCUT2D eigenvalue weighted by Crippen LogP contribution is 2.24. The first-order chi connectivity index (χ1) is 16.2. The number of nitrogens with one attached hydrogen (secondary N) is 2. The molecule has 4 N–H and O–H groups in total. The van der Waals surface area contributed by atoms with Crippen molar-refractivity contribution in [3.05, 3.63) is 65.7 Å². The molecule has 2 aromatic rings. The predicted molar refractivity (Wildman–Crippen MR) is 126 cm³/mol. The van der Waals surface area contributed by atoms with Crippen LogP contribution in [0.5, 0.6) is 5.75 Å². The van der Waals surface area contributed by atoms with Crippen LogP contribution in [0.1, 0.15) is 44.4 Å². The molecule has 1 saturated heterocycles. The standard InChI is InChI=1S/C26H31N3O5/c1-15(2)23(24(31)22-16(3)25(32)29-26(22)33)28-21(30)13-20(27)18-9-11-19(12-10-18)34-14-17-7-5-4-6-8-17/h4-12,15-16,20,22-23H,13-14,27H2,1-3H3,(H,28,30)(H,29,32,33)/t16-,20?,22+,23-/m0/s1. The topological polar surface area (TPSA) is 128 Å². The molecule has 0 radical (unpaired) electrons. The molecule has 34 heavy (non-hydrogen) atoms. The molecule has 0 aliphatic carbocycles. The number of ketones is 1. The molecule has 0 aromatic heterocycles. The molecule has 8 heteroatoms. The Labute approximate surface area is 199 Å². The second kappa shape index (κ2) is 11.1. The highest BCUT2D eigenvalue weighted by Gasteiger charge is 2.46. The summed E-state index contributed by atoms with van der Waals surface area (Å²) < 4.78 is 5.77. The van der Waals surface area contributed by atoms with E-state index in [9.17, 15) is 19.2 Å². The van der Waals surface area contributed by atoms with Gasteiger partial charge in [0.05, 0.1) is 12.0 Å². The van der Waals surface area contributed by atoms with Gasteiger partial charge in [-0.15, -0.1) is 0 Å². The van der Waals surface area contributed by atoms with Gasteiger partial charge < -0.3 is 15.8 Å². The van der Waals surface area contributed by atoms with Gasteiger partial charge in [0.1, 0.15) is 18.3 Å². The lowest BCUT2D eigenvalue weighted by Crippen LogP contribution is -2.49. The quantitative estimate of drug-likeness (QED) is 0.365. The van der Waals surface area contributed by atoms with Gasteiger partial charge in [0.2, 0.25) is 17.7 Å². The summed E-state index contributed by atoms with van der Waals surface area (Å²) in [5.41, 5.74) is 8.04. The zero-order valence-electron chi connectivity index (χ0n) is 19.6. The molecule has 1 aliphatic rings. The normalized spacial score (nSPS) is 19.4. The molecule has 2 aromatic carbocycles. The summed E-state index contributed by atoms with van der Waals surface area (Å²) in [6.07, 6.45) is -0.0356. The Balaban J connectivity index is 1.56. The van der Waals surface area contributed by atoms with Crippen molar-refractivity contribution in [1.82, 2.24) is 10.6 Å². The highest BCUT2D eigenvalue weighted by molar-refractivity contribution is 6.16. The largest absolute Gasteiger partial charge is 0.489 e. The number of nitrogens with two attached hydrogens (primary N) is 1. The van der Waals surface area contributed by atoms with Gasteiger partial charge in [0.25, 0.3) is 0 Å². The minimum absolute atomic E-state index is 0.0356. The number of carbonyl (C=O) groups excluding carboxylic acids is 4. The first kappa shape index (κ1) is 25.1. The number of amides is 3. The second-order valence-corrected chi connectivity index (χ2v) is 8.97. The van der Waals surface area contributed by atoms with Gasteiger partial charge in [-0.1, -0.05) is 63.2 Å². The third-order valence-corrected chi connectivity index (χ3v) is 6.00. The highest BCUT2D eigenvalue weighted by atomic mass is 16.5. The smallest absolute Gasteiger partial charge is 0.238 e. The van der Waals surface area contributed by atoms with Crippen molar-refractivity contribution < 1.29 is 23.9 Å². The molecule has 0 spiro atoms. The maximum atomic E-state index is 13.0. The van der Waals surface area contributed by atoms with E-state index in [-0.39, 0.29) is 12.3 Å². The van der Waals surface area contributed by atoms with Gasteiger partial charge in [-0.25, -0.2) is 0 Å². The Hall–Kier alpha value is -3.52. The molecule has 4 atom stereocenters. The lowest BCUT2D eigenvalue weighted by Gasteiger charge is -2.25. The van der Waals surface area contributed by atoms with Gasteiger partial charge in [0, 0.05) is 12.5 Å². The van der Waals surface area contributed by atoms with Crippen molar-refractivity contribution in [2.75, 3.05) is 0 Å². The maximum Gasteiger partial charge on any atom is 0.238 e. The lowest BCUT2D eigenvalue weighted by atomic mass is 9.85. The van der Waals surface area contributed by atoms with Crippen LogP contribution in [-0.2, 0) is 25.8 Å². The van der Waals surface area contributed by atoms with Crippen LogP contribution >= 0.6 is 0 Å².